The summed E-state index contributed by atoms with van der Waals surface area (Å²) in [4.78, 5) is 12.1. The van der Waals surface area contributed by atoms with Crippen LogP contribution in [0.25, 0.3) is 0 Å². The molecule has 3 N–H and O–H groups in total. The van der Waals surface area contributed by atoms with E-state index in [2.05, 4.69) is 53.8 Å². The van der Waals surface area contributed by atoms with Crippen LogP contribution in [0.3, 0.4) is 0 Å². The Morgan fingerprint density at radius 3 is 2.05 bits per heavy atom. The molecule has 1 unspecified atom stereocenters. The number of nitrogens with one attached hydrogen (secondary N) is 1. The van der Waals surface area contributed by atoms with Gasteiger partial charge in [-0.3, -0.25) is 4.79 Å². The van der Waals surface area contributed by atoms with E-state index in [0.717, 1.165) is 12.8 Å². The maximum Gasteiger partial charge on any atom is 0.220 e. The highest BCUT2D eigenvalue weighted by Gasteiger charge is 2.27. The van der Waals surface area contributed by atoms with E-state index < -0.39 is 0 Å². The first-order valence-electron chi connectivity index (χ1n) is 7.46. The Hall–Kier alpha value is -0.570. The summed E-state index contributed by atoms with van der Waals surface area (Å²) < 4.78 is 0. The molecule has 0 aliphatic heterocycles. The van der Waals surface area contributed by atoms with Gasteiger partial charge in [-0.2, -0.15) is 0 Å². The van der Waals surface area contributed by atoms with Crippen molar-refractivity contribution >= 4 is 5.91 Å². The van der Waals surface area contributed by atoms with Gasteiger partial charge in [0.25, 0.3) is 0 Å². The average molecular weight is 270 g/mol. The van der Waals surface area contributed by atoms with Crippen molar-refractivity contribution in [3.63, 3.8) is 0 Å². The molecule has 0 rings (SSSR count). The molecule has 19 heavy (non-hydrogen) atoms. The van der Waals surface area contributed by atoms with E-state index in [9.17, 15) is 4.79 Å². The summed E-state index contributed by atoms with van der Waals surface area (Å²) in [6, 6.07) is 0. The summed E-state index contributed by atoms with van der Waals surface area (Å²) in [6.45, 7) is 15.7. The van der Waals surface area contributed by atoms with Crippen LogP contribution in [-0.4, -0.2) is 18.0 Å². The van der Waals surface area contributed by atoms with Gasteiger partial charge in [0.15, 0.2) is 0 Å². The second-order valence-corrected chi connectivity index (χ2v) is 8.10. The highest BCUT2D eigenvalue weighted by Crippen LogP contribution is 2.27. The molecule has 0 radical (unpaired) electrons. The Morgan fingerprint density at radius 2 is 1.68 bits per heavy atom. The standard InChI is InChI=1S/C16H34N2O/c1-12(2)8-13(10-17)9-14(19)18-16(6,7)11-15(3,4)5/h12-13H,8-11,17H2,1-7H3,(H,18,19). The van der Waals surface area contributed by atoms with Gasteiger partial charge in [-0.15, -0.1) is 0 Å². The summed E-state index contributed by atoms with van der Waals surface area (Å²) in [6.07, 6.45) is 2.52. The van der Waals surface area contributed by atoms with Crippen LogP contribution < -0.4 is 11.1 Å². The molecular formula is C16H34N2O. The maximum atomic E-state index is 12.1. The van der Waals surface area contributed by atoms with Crippen LogP contribution in [0, 0.1) is 17.3 Å². The first-order chi connectivity index (χ1) is 8.45. The van der Waals surface area contributed by atoms with Crippen molar-refractivity contribution in [3.05, 3.63) is 0 Å². The molecule has 114 valence electrons. The van der Waals surface area contributed by atoms with Crippen molar-refractivity contribution in [2.75, 3.05) is 6.54 Å². The normalized spacial score (nSPS) is 14.6. The lowest BCUT2D eigenvalue weighted by molar-refractivity contribution is -0.123. The zero-order chi connectivity index (χ0) is 15.3. The molecule has 0 aromatic rings. The monoisotopic (exact) mass is 270 g/mol. The largest absolute Gasteiger partial charge is 0.351 e. The van der Waals surface area contributed by atoms with Crippen molar-refractivity contribution in [2.24, 2.45) is 23.0 Å². The van der Waals surface area contributed by atoms with Gasteiger partial charge in [-0.05, 0) is 50.5 Å². The fraction of sp³-hybridized carbons (Fsp3) is 0.938. The third-order valence-electron chi connectivity index (χ3n) is 3.06. The molecular weight excluding hydrogens is 236 g/mol. The number of amides is 1. The van der Waals surface area contributed by atoms with Gasteiger partial charge in [0.05, 0.1) is 0 Å². The quantitative estimate of drug-likeness (QED) is 0.745. The summed E-state index contributed by atoms with van der Waals surface area (Å²) in [5, 5.41) is 3.16. The molecule has 0 fully saturated rings. The second-order valence-electron chi connectivity index (χ2n) is 8.10. The summed E-state index contributed by atoms with van der Waals surface area (Å²) in [7, 11) is 0. The highest BCUT2D eigenvalue weighted by molar-refractivity contribution is 5.77. The minimum atomic E-state index is -0.160. The summed E-state index contributed by atoms with van der Waals surface area (Å²) >= 11 is 0. The number of carbonyl (C=O) groups excluding carboxylic acids is 1. The van der Waals surface area contributed by atoms with Gasteiger partial charge in [-0.25, -0.2) is 0 Å². The van der Waals surface area contributed by atoms with Crippen LogP contribution in [-0.2, 0) is 4.79 Å². The first kappa shape index (κ1) is 18.4. The molecule has 0 saturated heterocycles. The Kier molecular flexibility index (Phi) is 7.06. The first-order valence-corrected chi connectivity index (χ1v) is 7.46. The van der Waals surface area contributed by atoms with Gasteiger partial charge in [-0.1, -0.05) is 34.6 Å². The molecule has 3 heteroatoms. The van der Waals surface area contributed by atoms with Crippen LogP contribution in [0.2, 0.25) is 0 Å². The SMILES string of the molecule is CC(C)CC(CN)CC(=O)NC(C)(C)CC(C)(C)C. The van der Waals surface area contributed by atoms with E-state index in [0.29, 0.717) is 24.8 Å². The lowest BCUT2D eigenvalue weighted by Gasteiger charge is -2.33. The van der Waals surface area contributed by atoms with Crippen molar-refractivity contribution in [1.82, 2.24) is 5.32 Å². The van der Waals surface area contributed by atoms with Gasteiger partial charge in [0, 0.05) is 12.0 Å². The number of rotatable bonds is 7. The van der Waals surface area contributed by atoms with E-state index >= 15 is 0 Å². The maximum absolute atomic E-state index is 12.1. The Morgan fingerprint density at radius 1 is 1.16 bits per heavy atom. The number of carbonyl (C=O) groups is 1. The van der Waals surface area contributed by atoms with Crippen LogP contribution >= 0.6 is 0 Å². The third-order valence-corrected chi connectivity index (χ3v) is 3.06. The molecule has 0 aliphatic carbocycles. The topological polar surface area (TPSA) is 55.1 Å². The van der Waals surface area contributed by atoms with Crippen molar-refractivity contribution < 1.29 is 4.79 Å². The van der Waals surface area contributed by atoms with Gasteiger partial charge >= 0.3 is 0 Å². The van der Waals surface area contributed by atoms with Crippen LogP contribution in [0.15, 0.2) is 0 Å². The Balaban J connectivity index is 4.36. The molecule has 0 aromatic heterocycles. The van der Waals surface area contributed by atoms with E-state index in [1.807, 2.05) is 0 Å². The third kappa shape index (κ3) is 9.94. The van der Waals surface area contributed by atoms with E-state index in [4.69, 9.17) is 5.73 Å². The molecule has 1 atom stereocenters. The lowest BCUT2D eigenvalue weighted by atomic mass is 9.81. The minimum absolute atomic E-state index is 0.130. The molecule has 0 saturated carbocycles. The molecule has 0 spiro atoms. The Labute approximate surface area is 119 Å². The van der Waals surface area contributed by atoms with Crippen molar-refractivity contribution in [3.8, 4) is 0 Å². The van der Waals surface area contributed by atoms with E-state index in [-0.39, 0.29) is 16.9 Å². The number of nitrogens with two attached hydrogens (primary N) is 1. The average Bonchev–Trinajstić information content (AvgIpc) is 2.10. The second kappa shape index (κ2) is 7.28. The smallest absolute Gasteiger partial charge is 0.220 e. The van der Waals surface area contributed by atoms with Crippen LogP contribution in [0.1, 0.15) is 67.7 Å². The fourth-order valence-electron chi connectivity index (χ4n) is 2.99. The fourth-order valence-corrected chi connectivity index (χ4v) is 2.99. The van der Waals surface area contributed by atoms with Gasteiger partial charge < -0.3 is 11.1 Å². The molecule has 1 amide bonds. The van der Waals surface area contributed by atoms with E-state index in [1.165, 1.54) is 0 Å². The zero-order valence-electron chi connectivity index (χ0n) is 14.0. The number of hydrogen-bond donors (Lipinski definition) is 2. The molecule has 0 heterocycles. The minimum Gasteiger partial charge on any atom is -0.351 e. The molecule has 0 bridgehead atoms. The predicted octanol–water partition coefficient (Wildman–Crippen LogP) is 3.33. The molecule has 0 aromatic carbocycles. The van der Waals surface area contributed by atoms with E-state index in [1.54, 1.807) is 0 Å². The summed E-state index contributed by atoms with van der Waals surface area (Å²) in [5.74, 6) is 1.01. The van der Waals surface area contributed by atoms with Crippen molar-refractivity contribution in [1.29, 1.82) is 0 Å². The summed E-state index contributed by atoms with van der Waals surface area (Å²) in [5.41, 5.74) is 5.80. The molecule has 0 aliphatic rings. The van der Waals surface area contributed by atoms with Gasteiger partial charge in [0.2, 0.25) is 5.91 Å². The van der Waals surface area contributed by atoms with Gasteiger partial charge in [0.1, 0.15) is 0 Å². The van der Waals surface area contributed by atoms with Crippen molar-refractivity contribution in [2.45, 2.75) is 73.3 Å². The number of hydrogen-bond acceptors (Lipinski definition) is 2. The highest BCUT2D eigenvalue weighted by atomic mass is 16.1. The van der Waals surface area contributed by atoms with Crippen LogP contribution in [0.5, 0.6) is 0 Å². The lowest BCUT2D eigenvalue weighted by Crippen LogP contribution is -2.46. The predicted molar refractivity (Wildman–Crippen MR) is 82.9 cm³/mol. The van der Waals surface area contributed by atoms with Crippen LogP contribution in [0.4, 0.5) is 0 Å². The zero-order valence-corrected chi connectivity index (χ0v) is 14.0. The molecule has 3 nitrogen and oxygen atoms in total. The Bertz CT molecular complexity index is 277.